The van der Waals surface area contributed by atoms with Crippen molar-refractivity contribution in [2.75, 3.05) is 13.2 Å². The predicted octanol–water partition coefficient (Wildman–Crippen LogP) is 3.74. The number of likely N-dealkylation sites (tertiary alicyclic amines) is 1. The molecule has 4 rings (SSSR count). The molecule has 1 saturated heterocycles. The van der Waals surface area contributed by atoms with E-state index in [1.165, 1.54) is 0 Å². The number of piperidine rings is 1. The van der Waals surface area contributed by atoms with Crippen LogP contribution in [0.4, 0.5) is 8.78 Å². The molecule has 1 aromatic carbocycles. The molecule has 3 fully saturated rings. The molecular weight excluding hydrogens is 362 g/mol. The van der Waals surface area contributed by atoms with E-state index in [0.29, 0.717) is 12.2 Å². The zero-order chi connectivity index (χ0) is 19.7. The Balaban J connectivity index is 1.30. The second-order valence-corrected chi connectivity index (χ2v) is 8.63. The summed E-state index contributed by atoms with van der Waals surface area (Å²) in [5.74, 6) is -1.00. The van der Waals surface area contributed by atoms with Crippen molar-refractivity contribution < 1.29 is 18.3 Å². The topological polar surface area (TPSA) is 55.6 Å². The third-order valence-electron chi connectivity index (χ3n) is 6.64. The lowest BCUT2D eigenvalue weighted by Gasteiger charge is -2.41. The molecule has 0 radical (unpaired) electrons. The number of halogens is 2. The lowest BCUT2D eigenvalue weighted by Crippen LogP contribution is -2.57. The molecule has 1 heterocycles. The van der Waals surface area contributed by atoms with Gasteiger partial charge in [-0.15, -0.1) is 0 Å². The molecule has 2 atom stereocenters. The van der Waals surface area contributed by atoms with Gasteiger partial charge in [0, 0.05) is 18.5 Å². The SMILES string of the molecule is N[C@H]1CCCN(C(=O)C2CC2)[C@H]1CO[C@H]1CC[C@@H](c2cccc(F)c2F)CC1. The first-order valence-electron chi connectivity index (χ1n) is 10.7. The Morgan fingerprint density at radius 1 is 1.11 bits per heavy atom. The Morgan fingerprint density at radius 3 is 2.57 bits per heavy atom. The van der Waals surface area contributed by atoms with Crippen LogP contribution in [0.5, 0.6) is 0 Å². The number of carbonyl (C=O) groups is 1. The first-order chi connectivity index (χ1) is 13.5. The van der Waals surface area contributed by atoms with E-state index in [-0.39, 0.29) is 35.9 Å². The van der Waals surface area contributed by atoms with Crippen molar-refractivity contribution in [2.24, 2.45) is 11.7 Å². The van der Waals surface area contributed by atoms with Crippen molar-refractivity contribution in [3.05, 3.63) is 35.4 Å². The molecule has 2 saturated carbocycles. The summed E-state index contributed by atoms with van der Waals surface area (Å²) < 4.78 is 33.7. The molecular formula is C22H30F2N2O2. The fourth-order valence-corrected chi connectivity index (χ4v) is 4.75. The van der Waals surface area contributed by atoms with E-state index in [4.69, 9.17) is 10.5 Å². The lowest BCUT2D eigenvalue weighted by molar-refractivity contribution is -0.139. The average molecular weight is 392 g/mol. The maximum Gasteiger partial charge on any atom is 0.226 e. The lowest BCUT2D eigenvalue weighted by atomic mass is 9.82. The highest BCUT2D eigenvalue weighted by Gasteiger charge is 2.40. The largest absolute Gasteiger partial charge is 0.376 e. The maximum atomic E-state index is 14.0. The van der Waals surface area contributed by atoms with Gasteiger partial charge in [-0.1, -0.05) is 12.1 Å². The third-order valence-corrected chi connectivity index (χ3v) is 6.64. The Bertz CT molecular complexity index is 702. The monoisotopic (exact) mass is 392 g/mol. The minimum absolute atomic E-state index is 0.0332. The van der Waals surface area contributed by atoms with E-state index >= 15 is 0 Å². The first-order valence-corrected chi connectivity index (χ1v) is 10.7. The number of nitrogens with zero attached hydrogens (tertiary/aromatic N) is 1. The van der Waals surface area contributed by atoms with Crippen LogP contribution in [0, 0.1) is 17.6 Å². The van der Waals surface area contributed by atoms with Gasteiger partial charge in [-0.05, 0) is 68.9 Å². The molecule has 1 aliphatic heterocycles. The van der Waals surface area contributed by atoms with Gasteiger partial charge < -0.3 is 15.4 Å². The van der Waals surface area contributed by atoms with Crippen LogP contribution in [0.25, 0.3) is 0 Å². The van der Waals surface area contributed by atoms with Gasteiger partial charge in [0.25, 0.3) is 0 Å². The van der Waals surface area contributed by atoms with Gasteiger partial charge in [-0.3, -0.25) is 4.79 Å². The van der Waals surface area contributed by atoms with Crippen molar-refractivity contribution in [1.82, 2.24) is 4.90 Å². The molecule has 2 aliphatic carbocycles. The van der Waals surface area contributed by atoms with Gasteiger partial charge in [0.15, 0.2) is 11.6 Å². The molecule has 0 unspecified atom stereocenters. The molecule has 6 heteroatoms. The highest BCUT2D eigenvalue weighted by molar-refractivity contribution is 5.81. The van der Waals surface area contributed by atoms with Gasteiger partial charge in [0.2, 0.25) is 5.91 Å². The quantitative estimate of drug-likeness (QED) is 0.831. The van der Waals surface area contributed by atoms with Crippen LogP contribution in [-0.4, -0.2) is 42.1 Å². The number of hydrogen-bond donors (Lipinski definition) is 1. The summed E-state index contributed by atoms with van der Waals surface area (Å²) in [6.45, 7) is 1.26. The van der Waals surface area contributed by atoms with Crippen LogP contribution in [0.2, 0.25) is 0 Å². The van der Waals surface area contributed by atoms with Crippen molar-refractivity contribution in [2.45, 2.75) is 75.5 Å². The summed E-state index contributed by atoms with van der Waals surface area (Å²) in [6.07, 6.45) is 7.18. The molecule has 4 nitrogen and oxygen atoms in total. The van der Waals surface area contributed by atoms with E-state index in [2.05, 4.69) is 0 Å². The zero-order valence-electron chi connectivity index (χ0n) is 16.3. The number of rotatable bonds is 5. The highest BCUT2D eigenvalue weighted by Crippen LogP contribution is 2.36. The zero-order valence-corrected chi connectivity index (χ0v) is 16.3. The normalized spacial score (nSPS) is 31.0. The van der Waals surface area contributed by atoms with Gasteiger partial charge in [0.1, 0.15) is 0 Å². The van der Waals surface area contributed by atoms with Crippen molar-refractivity contribution >= 4 is 5.91 Å². The molecule has 0 spiro atoms. The number of amides is 1. The fraction of sp³-hybridized carbons (Fsp3) is 0.682. The molecule has 2 N–H and O–H groups in total. The number of nitrogens with two attached hydrogens (primary N) is 1. The van der Waals surface area contributed by atoms with E-state index < -0.39 is 11.6 Å². The summed E-state index contributed by atoms with van der Waals surface area (Å²) in [6, 6.07) is 4.35. The van der Waals surface area contributed by atoms with Crippen LogP contribution in [0.3, 0.4) is 0 Å². The highest BCUT2D eigenvalue weighted by atomic mass is 19.2. The third kappa shape index (κ3) is 4.23. The molecule has 1 amide bonds. The first kappa shape index (κ1) is 19.8. The second-order valence-electron chi connectivity index (χ2n) is 8.63. The van der Waals surface area contributed by atoms with Crippen LogP contribution >= 0.6 is 0 Å². The van der Waals surface area contributed by atoms with Crippen LogP contribution in [-0.2, 0) is 9.53 Å². The number of carbonyl (C=O) groups excluding carboxylic acids is 1. The van der Waals surface area contributed by atoms with Gasteiger partial charge in [-0.2, -0.15) is 0 Å². The van der Waals surface area contributed by atoms with E-state index in [9.17, 15) is 13.6 Å². The predicted molar refractivity (Wildman–Crippen MR) is 103 cm³/mol. The summed E-state index contributed by atoms with van der Waals surface area (Å²) in [4.78, 5) is 14.5. The molecule has 0 bridgehead atoms. The molecule has 28 heavy (non-hydrogen) atoms. The summed E-state index contributed by atoms with van der Waals surface area (Å²) in [5.41, 5.74) is 6.80. The molecule has 1 aromatic rings. The van der Waals surface area contributed by atoms with Crippen molar-refractivity contribution in [3.63, 3.8) is 0 Å². The maximum absolute atomic E-state index is 14.0. The standard InChI is InChI=1S/C22H30F2N2O2/c23-18-4-1-3-17(21(18)24)14-8-10-16(11-9-14)28-13-20-19(25)5-2-12-26(20)22(27)15-6-7-15/h1,3-4,14-16,19-20H,2,5-13,25H2/t14-,16+,19-,20-/m0/s1. The Hall–Kier alpha value is -1.53. The second kappa shape index (κ2) is 8.46. The van der Waals surface area contributed by atoms with E-state index in [1.807, 2.05) is 4.90 Å². The summed E-state index contributed by atoms with van der Waals surface area (Å²) in [7, 11) is 0. The Kier molecular flexibility index (Phi) is 5.97. The average Bonchev–Trinajstić information content (AvgIpc) is 3.54. The summed E-state index contributed by atoms with van der Waals surface area (Å²) in [5, 5.41) is 0. The van der Waals surface area contributed by atoms with E-state index in [0.717, 1.165) is 64.0 Å². The number of ether oxygens (including phenoxy) is 1. The number of hydrogen-bond acceptors (Lipinski definition) is 3. The van der Waals surface area contributed by atoms with Crippen LogP contribution in [0.15, 0.2) is 18.2 Å². The molecule has 0 aromatic heterocycles. The van der Waals surface area contributed by atoms with Crippen molar-refractivity contribution in [1.29, 1.82) is 0 Å². The van der Waals surface area contributed by atoms with Crippen LogP contribution in [0.1, 0.15) is 62.8 Å². The molecule has 154 valence electrons. The minimum atomic E-state index is -0.775. The fourth-order valence-electron chi connectivity index (χ4n) is 4.75. The van der Waals surface area contributed by atoms with Gasteiger partial charge in [0.05, 0.1) is 18.8 Å². The molecule has 3 aliphatic rings. The van der Waals surface area contributed by atoms with Gasteiger partial charge >= 0.3 is 0 Å². The van der Waals surface area contributed by atoms with E-state index in [1.54, 1.807) is 12.1 Å². The number of benzene rings is 1. The van der Waals surface area contributed by atoms with Gasteiger partial charge in [-0.25, -0.2) is 8.78 Å². The summed E-state index contributed by atoms with van der Waals surface area (Å²) >= 11 is 0. The Labute approximate surface area is 165 Å². The smallest absolute Gasteiger partial charge is 0.226 e. The Morgan fingerprint density at radius 2 is 1.86 bits per heavy atom. The van der Waals surface area contributed by atoms with Crippen molar-refractivity contribution in [3.8, 4) is 0 Å². The minimum Gasteiger partial charge on any atom is -0.376 e. The van der Waals surface area contributed by atoms with Crippen LogP contribution < -0.4 is 5.73 Å².